The summed E-state index contributed by atoms with van der Waals surface area (Å²) < 4.78 is 64.5. The summed E-state index contributed by atoms with van der Waals surface area (Å²) in [7, 11) is -3.44. The van der Waals surface area contributed by atoms with E-state index in [0.29, 0.717) is 28.2 Å². The van der Waals surface area contributed by atoms with Crippen LogP contribution in [0.3, 0.4) is 0 Å². The summed E-state index contributed by atoms with van der Waals surface area (Å²) in [5.74, 6) is 0.483. The molecule has 0 bridgehead atoms. The number of sulfonamides is 1. The molecule has 0 aliphatic rings. The minimum atomic E-state index is -4.40. The lowest BCUT2D eigenvalue weighted by molar-refractivity contribution is -0.137. The number of aromatic amines is 1. The third-order valence-electron chi connectivity index (χ3n) is 4.68. The number of aromatic nitrogens is 2. The number of benzene rings is 3. The van der Waals surface area contributed by atoms with Crippen LogP contribution in [-0.4, -0.2) is 24.6 Å². The lowest BCUT2D eigenvalue weighted by atomic mass is 10.0. The number of hydrogen-bond acceptors (Lipinski definition) is 3. The molecule has 0 amide bonds. The summed E-state index contributed by atoms with van der Waals surface area (Å²) in [5.41, 5.74) is 2.99. The van der Waals surface area contributed by atoms with Crippen molar-refractivity contribution in [1.29, 1.82) is 0 Å². The van der Waals surface area contributed by atoms with E-state index < -0.39 is 21.8 Å². The van der Waals surface area contributed by atoms with Gasteiger partial charge in [0, 0.05) is 5.56 Å². The molecular formula is C23H18F3N3O2S. The normalized spacial score (nSPS) is 12.5. The SMILES string of the molecule is CS(=O)(=O)Nc1ccccc1-c1ccc2[nH]c(/C=C/c3cccc(C(F)(F)F)c3)nc2c1. The van der Waals surface area contributed by atoms with Gasteiger partial charge in [-0.1, -0.05) is 42.5 Å². The number of fused-ring (bicyclic) bond motifs is 1. The molecule has 0 saturated heterocycles. The molecule has 0 radical (unpaired) electrons. The lowest BCUT2D eigenvalue weighted by Crippen LogP contribution is -2.10. The monoisotopic (exact) mass is 457 g/mol. The van der Waals surface area contributed by atoms with Crippen LogP contribution in [0.15, 0.2) is 66.7 Å². The Morgan fingerprint density at radius 2 is 1.75 bits per heavy atom. The van der Waals surface area contributed by atoms with Crippen molar-refractivity contribution in [3.8, 4) is 11.1 Å². The van der Waals surface area contributed by atoms with E-state index in [-0.39, 0.29) is 0 Å². The van der Waals surface area contributed by atoms with Gasteiger partial charge in [-0.15, -0.1) is 0 Å². The van der Waals surface area contributed by atoms with Crippen molar-refractivity contribution in [3.05, 3.63) is 83.7 Å². The Bertz CT molecular complexity index is 1420. The van der Waals surface area contributed by atoms with E-state index in [2.05, 4.69) is 14.7 Å². The van der Waals surface area contributed by atoms with Crippen LogP contribution in [0, 0.1) is 0 Å². The van der Waals surface area contributed by atoms with E-state index >= 15 is 0 Å². The van der Waals surface area contributed by atoms with Crippen LogP contribution >= 0.6 is 0 Å². The van der Waals surface area contributed by atoms with Crippen LogP contribution in [0.1, 0.15) is 17.0 Å². The fourth-order valence-electron chi connectivity index (χ4n) is 3.29. The van der Waals surface area contributed by atoms with Gasteiger partial charge in [0.05, 0.1) is 28.5 Å². The highest BCUT2D eigenvalue weighted by atomic mass is 32.2. The van der Waals surface area contributed by atoms with Crippen molar-refractivity contribution < 1.29 is 21.6 Å². The molecule has 0 unspecified atom stereocenters. The topological polar surface area (TPSA) is 74.8 Å². The number of hydrogen-bond donors (Lipinski definition) is 2. The number of imidazole rings is 1. The number of nitrogens with zero attached hydrogens (tertiary/aromatic N) is 1. The number of nitrogens with one attached hydrogen (secondary N) is 2. The summed E-state index contributed by atoms with van der Waals surface area (Å²) >= 11 is 0. The van der Waals surface area contributed by atoms with Crippen molar-refractivity contribution in [1.82, 2.24) is 9.97 Å². The van der Waals surface area contributed by atoms with Crippen LogP contribution in [-0.2, 0) is 16.2 Å². The lowest BCUT2D eigenvalue weighted by Gasteiger charge is -2.10. The highest BCUT2D eigenvalue weighted by Gasteiger charge is 2.30. The van der Waals surface area contributed by atoms with Crippen LogP contribution in [0.2, 0.25) is 0 Å². The van der Waals surface area contributed by atoms with Gasteiger partial charge >= 0.3 is 6.18 Å². The molecule has 0 aliphatic heterocycles. The van der Waals surface area contributed by atoms with Crippen molar-refractivity contribution in [3.63, 3.8) is 0 Å². The number of anilines is 1. The van der Waals surface area contributed by atoms with Crippen LogP contribution in [0.25, 0.3) is 34.3 Å². The second-order valence-electron chi connectivity index (χ2n) is 7.23. The molecule has 0 aliphatic carbocycles. The average molecular weight is 457 g/mol. The molecule has 1 heterocycles. The van der Waals surface area contributed by atoms with E-state index in [9.17, 15) is 21.6 Å². The maximum absolute atomic E-state index is 12.9. The molecule has 1 aromatic heterocycles. The molecule has 0 spiro atoms. The summed E-state index contributed by atoms with van der Waals surface area (Å²) in [5, 5.41) is 0. The third-order valence-corrected chi connectivity index (χ3v) is 5.27. The van der Waals surface area contributed by atoms with Gasteiger partial charge in [0.25, 0.3) is 0 Å². The van der Waals surface area contributed by atoms with Gasteiger partial charge in [0.2, 0.25) is 10.0 Å². The maximum atomic E-state index is 12.9. The Morgan fingerprint density at radius 1 is 0.969 bits per heavy atom. The van der Waals surface area contributed by atoms with Gasteiger partial charge in [-0.3, -0.25) is 4.72 Å². The summed E-state index contributed by atoms with van der Waals surface area (Å²) in [6.07, 6.45) is -0.154. The summed E-state index contributed by atoms with van der Waals surface area (Å²) in [4.78, 5) is 7.60. The molecule has 5 nitrogen and oxygen atoms in total. The molecule has 0 atom stereocenters. The molecular weight excluding hydrogens is 439 g/mol. The Balaban J connectivity index is 1.65. The van der Waals surface area contributed by atoms with E-state index in [1.807, 2.05) is 18.2 Å². The largest absolute Gasteiger partial charge is 0.416 e. The number of halogens is 3. The number of alkyl halides is 3. The van der Waals surface area contributed by atoms with Crippen LogP contribution in [0.4, 0.5) is 18.9 Å². The fraction of sp³-hybridized carbons (Fsp3) is 0.0870. The maximum Gasteiger partial charge on any atom is 0.416 e. The zero-order chi connectivity index (χ0) is 22.9. The smallest absolute Gasteiger partial charge is 0.338 e. The Kier molecular flexibility index (Phi) is 5.52. The molecule has 32 heavy (non-hydrogen) atoms. The highest BCUT2D eigenvalue weighted by Crippen LogP contribution is 2.31. The molecule has 3 aromatic carbocycles. The quantitative estimate of drug-likeness (QED) is 0.398. The van der Waals surface area contributed by atoms with Gasteiger partial charge in [0.1, 0.15) is 5.82 Å². The number of rotatable bonds is 5. The van der Waals surface area contributed by atoms with Crippen molar-refractivity contribution >= 4 is 38.9 Å². The van der Waals surface area contributed by atoms with Crippen LogP contribution in [0.5, 0.6) is 0 Å². The zero-order valence-corrected chi connectivity index (χ0v) is 17.6. The van der Waals surface area contributed by atoms with Gasteiger partial charge in [-0.2, -0.15) is 13.2 Å². The standard InChI is InChI=1S/C23H18F3N3O2S/c1-32(30,31)29-19-8-3-2-7-18(19)16-10-11-20-21(14-16)28-22(27-20)12-9-15-5-4-6-17(13-15)23(24,25)26/h2-14,29H,1H3,(H,27,28)/b12-9+. The minimum Gasteiger partial charge on any atom is -0.338 e. The third kappa shape index (κ3) is 5.00. The Morgan fingerprint density at radius 3 is 2.50 bits per heavy atom. The second-order valence-corrected chi connectivity index (χ2v) is 8.98. The van der Waals surface area contributed by atoms with E-state index in [4.69, 9.17) is 0 Å². The molecule has 164 valence electrons. The molecule has 2 N–H and O–H groups in total. The Hall–Kier alpha value is -3.59. The molecule has 0 saturated carbocycles. The first-order chi connectivity index (χ1) is 15.1. The van der Waals surface area contributed by atoms with E-state index in [0.717, 1.165) is 29.5 Å². The average Bonchev–Trinajstić information content (AvgIpc) is 3.13. The van der Waals surface area contributed by atoms with Crippen molar-refractivity contribution in [2.45, 2.75) is 6.18 Å². The van der Waals surface area contributed by atoms with Gasteiger partial charge in [0.15, 0.2) is 0 Å². The zero-order valence-electron chi connectivity index (χ0n) is 16.8. The van der Waals surface area contributed by atoms with E-state index in [1.54, 1.807) is 42.5 Å². The molecule has 9 heteroatoms. The Labute approximate surface area is 182 Å². The highest BCUT2D eigenvalue weighted by molar-refractivity contribution is 7.92. The first kappa shape index (κ1) is 21.6. The molecule has 0 fully saturated rings. The first-order valence-corrected chi connectivity index (χ1v) is 11.4. The minimum absolute atomic E-state index is 0.404. The predicted octanol–water partition coefficient (Wildman–Crippen LogP) is 5.79. The predicted molar refractivity (Wildman–Crippen MR) is 120 cm³/mol. The summed E-state index contributed by atoms with van der Waals surface area (Å²) in [6, 6.07) is 17.5. The molecule has 4 rings (SSSR count). The van der Waals surface area contributed by atoms with Gasteiger partial charge < -0.3 is 4.98 Å². The van der Waals surface area contributed by atoms with Crippen molar-refractivity contribution in [2.24, 2.45) is 0 Å². The van der Waals surface area contributed by atoms with Crippen LogP contribution < -0.4 is 4.72 Å². The summed E-state index contributed by atoms with van der Waals surface area (Å²) in [6.45, 7) is 0. The van der Waals surface area contributed by atoms with E-state index in [1.165, 1.54) is 6.07 Å². The molecule has 4 aromatic rings. The van der Waals surface area contributed by atoms with Crippen molar-refractivity contribution in [2.75, 3.05) is 11.0 Å². The number of para-hydroxylation sites is 1. The second kappa shape index (κ2) is 8.16. The van der Waals surface area contributed by atoms with Gasteiger partial charge in [-0.05, 0) is 47.5 Å². The first-order valence-electron chi connectivity index (χ1n) is 9.51. The number of H-pyrrole nitrogens is 1. The van der Waals surface area contributed by atoms with Gasteiger partial charge in [-0.25, -0.2) is 13.4 Å². The fourth-order valence-corrected chi connectivity index (χ4v) is 3.87.